The van der Waals surface area contributed by atoms with Crippen molar-refractivity contribution in [2.75, 3.05) is 26.0 Å². The Hall–Kier alpha value is -1.78. The minimum absolute atomic E-state index is 0.00900. The second-order valence-corrected chi connectivity index (χ2v) is 6.92. The summed E-state index contributed by atoms with van der Waals surface area (Å²) in [6, 6.07) is 16.2. The number of benzene rings is 2. The highest BCUT2D eigenvalue weighted by atomic mass is 32.2. The van der Waals surface area contributed by atoms with E-state index in [-0.39, 0.29) is 5.91 Å². The third-order valence-electron chi connectivity index (χ3n) is 4.37. The van der Waals surface area contributed by atoms with Gasteiger partial charge in [-0.2, -0.15) is 0 Å². The monoisotopic (exact) mass is 341 g/mol. The molecule has 0 aromatic heterocycles. The zero-order chi connectivity index (χ0) is 16.8. The average molecular weight is 341 g/mol. The van der Waals surface area contributed by atoms with Gasteiger partial charge >= 0.3 is 0 Å². The van der Waals surface area contributed by atoms with Gasteiger partial charge in [-0.3, -0.25) is 4.79 Å². The van der Waals surface area contributed by atoms with E-state index >= 15 is 0 Å². The van der Waals surface area contributed by atoms with Gasteiger partial charge in [0.2, 0.25) is 0 Å². The Morgan fingerprint density at radius 1 is 1.21 bits per heavy atom. The molecule has 0 radical (unpaired) electrons. The van der Waals surface area contributed by atoms with E-state index in [0.29, 0.717) is 18.0 Å². The van der Waals surface area contributed by atoms with E-state index in [9.17, 15) is 4.79 Å². The summed E-state index contributed by atoms with van der Waals surface area (Å²) in [6.45, 7) is 2.30. The Balaban J connectivity index is 1.64. The number of hydrogen-bond donors (Lipinski definition) is 1. The number of amides is 1. The van der Waals surface area contributed by atoms with Crippen LogP contribution in [-0.4, -0.2) is 31.9 Å². The fraction of sp³-hybridized carbons (Fsp3) is 0.350. The maximum Gasteiger partial charge on any atom is 0.251 e. The summed E-state index contributed by atoms with van der Waals surface area (Å²) in [6.07, 6.45) is 4.30. The maximum absolute atomic E-state index is 12.3. The van der Waals surface area contributed by atoms with Crippen LogP contribution in [0.3, 0.4) is 0 Å². The molecule has 1 atom stereocenters. The van der Waals surface area contributed by atoms with Gasteiger partial charge in [0.1, 0.15) is 0 Å². The van der Waals surface area contributed by atoms with Crippen molar-refractivity contribution < 1.29 is 9.53 Å². The number of thioether (sulfide) groups is 1. The minimum Gasteiger partial charge on any atom is -0.381 e. The van der Waals surface area contributed by atoms with Crippen molar-refractivity contribution >= 4 is 17.7 Å². The fourth-order valence-electron chi connectivity index (χ4n) is 2.99. The summed E-state index contributed by atoms with van der Waals surface area (Å²) in [5, 5.41) is 3.03. The molecular weight excluding hydrogens is 318 g/mol. The number of hydrogen-bond acceptors (Lipinski definition) is 3. The molecule has 1 unspecified atom stereocenters. The average Bonchev–Trinajstić information content (AvgIpc) is 2.67. The van der Waals surface area contributed by atoms with E-state index in [0.717, 1.165) is 31.6 Å². The first kappa shape index (κ1) is 17.1. The highest BCUT2D eigenvalue weighted by Gasteiger charge is 2.15. The SMILES string of the molecule is CSc1ccccc1-c1ccc(C(=O)NCC2CCCOC2)cc1. The normalized spacial score (nSPS) is 17.5. The topological polar surface area (TPSA) is 38.3 Å². The van der Waals surface area contributed by atoms with Crippen LogP contribution < -0.4 is 5.32 Å². The standard InChI is InChI=1S/C20H23NO2S/c1-24-19-7-3-2-6-18(19)16-8-10-17(11-9-16)20(22)21-13-15-5-4-12-23-14-15/h2-3,6-11,15H,4-5,12-14H2,1H3,(H,21,22). The van der Waals surface area contributed by atoms with Crippen molar-refractivity contribution in [3.8, 4) is 11.1 Å². The molecular formula is C20H23NO2S. The first-order valence-corrected chi connectivity index (χ1v) is 9.60. The Labute approximate surface area is 147 Å². The molecule has 4 heteroatoms. The molecule has 1 aliphatic heterocycles. The summed E-state index contributed by atoms with van der Waals surface area (Å²) in [4.78, 5) is 13.5. The van der Waals surface area contributed by atoms with Gasteiger partial charge in [0, 0.05) is 23.6 Å². The highest BCUT2D eigenvalue weighted by Crippen LogP contribution is 2.30. The molecule has 24 heavy (non-hydrogen) atoms. The molecule has 1 fully saturated rings. The largest absolute Gasteiger partial charge is 0.381 e. The van der Waals surface area contributed by atoms with E-state index in [2.05, 4.69) is 23.7 Å². The Morgan fingerprint density at radius 3 is 2.71 bits per heavy atom. The van der Waals surface area contributed by atoms with Gasteiger partial charge in [-0.25, -0.2) is 0 Å². The predicted molar refractivity (Wildman–Crippen MR) is 99.5 cm³/mol. The zero-order valence-electron chi connectivity index (χ0n) is 14.0. The van der Waals surface area contributed by atoms with Crippen molar-refractivity contribution in [3.05, 3.63) is 54.1 Å². The summed E-state index contributed by atoms with van der Waals surface area (Å²) < 4.78 is 5.45. The van der Waals surface area contributed by atoms with Crippen molar-refractivity contribution in [2.45, 2.75) is 17.7 Å². The Morgan fingerprint density at radius 2 is 2.00 bits per heavy atom. The van der Waals surface area contributed by atoms with Crippen LogP contribution in [0, 0.1) is 5.92 Å². The lowest BCUT2D eigenvalue weighted by molar-refractivity contribution is 0.0536. The number of carbonyl (C=O) groups excluding carboxylic acids is 1. The van der Waals surface area contributed by atoms with Crippen LogP contribution in [0.15, 0.2) is 53.4 Å². The van der Waals surface area contributed by atoms with Crippen LogP contribution >= 0.6 is 11.8 Å². The molecule has 126 valence electrons. The summed E-state index contributed by atoms with van der Waals surface area (Å²) >= 11 is 1.73. The van der Waals surface area contributed by atoms with Gasteiger partial charge in [-0.15, -0.1) is 11.8 Å². The number of ether oxygens (including phenoxy) is 1. The third kappa shape index (κ3) is 4.19. The van der Waals surface area contributed by atoms with Crippen molar-refractivity contribution in [1.29, 1.82) is 0 Å². The molecule has 1 aliphatic rings. The third-order valence-corrected chi connectivity index (χ3v) is 5.17. The first-order valence-electron chi connectivity index (χ1n) is 8.37. The van der Waals surface area contributed by atoms with Gasteiger partial charge in [0.15, 0.2) is 0 Å². The van der Waals surface area contributed by atoms with Crippen LogP contribution in [0.1, 0.15) is 23.2 Å². The van der Waals surface area contributed by atoms with Gasteiger partial charge < -0.3 is 10.1 Å². The lowest BCUT2D eigenvalue weighted by atomic mass is 10.0. The van der Waals surface area contributed by atoms with E-state index in [1.807, 2.05) is 36.4 Å². The number of rotatable bonds is 5. The molecule has 0 spiro atoms. The first-order chi connectivity index (χ1) is 11.8. The van der Waals surface area contributed by atoms with Gasteiger partial charge in [-0.05, 0) is 54.3 Å². The van der Waals surface area contributed by atoms with E-state index in [4.69, 9.17) is 4.74 Å². The Kier molecular flexibility index (Phi) is 5.94. The molecule has 2 aromatic rings. The number of carbonyl (C=O) groups is 1. The van der Waals surface area contributed by atoms with E-state index in [1.54, 1.807) is 11.8 Å². The quantitative estimate of drug-likeness (QED) is 0.827. The second kappa shape index (κ2) is 8.36. The van der Waals surface area contributed by atoms with Crippen LogP contribution in [0.4, 0.5) is 0 Å². The molecule has 0 saturated carbocycles. The molecule has 1 amide bonds. The highest BCUT2D eigenvalue weighted by molar-refractivity contribution is 7.98. The predicted octanol–water partition coefficient (Wildman–Crippen LogP) is 4.23. The van der Waals surface area contributed by atoms with Crippen molar-refractivity contribution in [3.63, 3.8) is 0 Å². The summed E-state index contributed by atoms with van der Waals surface area (Å²) in [5.41, 5.74) is 3.05. The van der Waals surface area contributed by atoms with Crippen molar-refractivity contribution in [1.82, 2.24) is 5.32 Å². The number of nitrogens with one attached hydrogen (secondary N) is 1. The van der Waals surface area contributed by atoms with Crippen LogP contribution in [-0.2, 0) is 4.74 Å². The van der Waals surface area contributed by atoms with Crippen LogP contribution in [0.5, 0.6) is 0 Å². The molecule has 2 aromatic carbocycles. The Bertz CT molecular complexity index is 678. The maximum atomic E-state index is 12.3. The molecule has 1 N–H and O–H groups in total. The molecule has 0 aliphatic carbocycles. The molecule has 3 nitrogen and oxygen atoms in total. The van der Waals surface area contributed by atoms with Gasteiger partial charge in [0.25, 0.3) is 5.91 Å². The minimum atomic E-state index is -0.00900. The van der Waals surface area contributed by atoms with E-state index in [1.165, 1.54) is 10.5 Å². The molecule has 3 rings (SSSR count). The van der Waals surface area contributed by atoms with Gasteiger partial charge in [-0.1, -0.05) is 30.3 Å². The lowest BCUT2D eigenvalue weighted by Crippen LogP contribution is -2.33. The van der Waals surface area contributed by atoms with Crippen LogP contribution in [0.2, 0.25) is 0 Å². The van der Waals surface area contributed by atoms with Crippen molar-refractivity contribution in [2.24, 2.45) is 5.92 Å². The van der Waals surface area contributed by atoms with E-state index < -0.39 is 0 Å². The molecule has 1 heterocycles. The fourth-order valence-corrected chi connectivity index (χ4v) is 3.61. The second-order valence-electron chi connectivity index (χ2n) is 6.07. The van der Waals surface area contributed by atoms with Crippen LogP contribution in [0.25, 0.3) is 11.1 Å². The van der Waals surface area contributed by atoms with Gasteiger partial charge in [0.05, 0.1) is 6.61 Å². The zero-order valence-corrected chi connectivity index (χ0v) is 14.8. The smallest absolute Gasteiger partial charge is 0.251 e. The molecule has 1 saturated heterocycles. The summed E-state index contributed by atoms with van der Waals surface area (Å²) in [5.74, 6) is 0.431. The summed E-state index contributed by atoms with van der Waals surface area (Å²) in [7, 11) is 0. The molecule has 0 bridgehead atoms. The lowest BCUT2D eigenvalue weighted by Gasteiger charge is -2.22.